The van der Waals surface area contributed by atoms with Gasteiger partial charge in [0.05, 0.1) is 11.6 Å². The van der Waals surface area contributed by atoms with E-state index in [2.05, 4.69) is 103 Å². The summed E-state index contributed by atoms with van der Waals surface area (Å²) in [5.41, 5.74) is 13.0. The van der Waals surface area contributed by atoms with Gasteiger partial charge < -0.3 is 0 Å². The molecular weight excluding hydrogens is 633 g/mol. The van der Waals surface area contributed by atoms with Gasteiger partial charge in [-0.3, -0.25) is 0 Å². The lowest BCUT2D eigenvalue weighted by molar-refractivity contribution is 1.08. The highest BCUT2D eigenvalue weighted by atomic mass is 15.0. The number of nitrogens with zero attached hydrogens (tertiary/aromatic N) is 4. The van der Waals surface area contributed by atoms with Crippen LogP contribution in [0.2, 0.25) is 0 Å². The summed E-state index contributed by atoms with van der Waals surface area (Å²) < 4.78 is 0. The van der Waals surface area contributed by atoms with Crippen molar-refractivity contribution < 1.29 is 0 Å². The molecule has 1 aromatic heterocycles. The molecule has 0 saturated heterocycles. The fourth-order valence-corrected chi connectivity index (χ4v) is 7.76. The van der Waals surface area contributed by atoms with Crippen molar-refractivity contribution in [1.82, 2.24) is 15.0 Å². The Morgan fingerprint density at radius 3 is 1.33 bits per heavy atom. The molecule has 1 aliphatic carbocycles. The van der Waals surface area contributed by atoms with Gasteiger partial charge in [-0.2, -0.15) is 5.26 Å². The first kappa shape index (κ1) is 29.7. The molecule has 240 valence electrons. The highest BCUT2D eigenvalue weighted by Gasteiger charge is 2.25. The van der Waals surface area contributed by atoms with Crippen LogP contribution < -0.4 is 0 Å². The molecule has 0 spiro atoms. The molecule has 0 saturated carbocycles. The first-order valence-corrected chi connectivity index (χ1v) is 17.3. The number of fused-ring (bicyclic) bond motifs is 4. The van der Waals surface area contributed by atoms with Gasteiger partial charge in [-0.05, 0) is 78.2 Å². The average Bonchev–Trinajstić information content (AvgIpc) is 3.55. The van der Waals surface area contributed by atoms with Gasteiger partial charge in [-0.25, -0.2) is 15.0 Å². The summed E-state index contributed by atoms with van der Waals surface area (Å²) in [6, 6.07) is 61.0. The van der Waals surface area contributed by atoms with E-state index in [9.17, 15) is 5.26 Å². The third-order valence-corrected chi connectivity index (χ3v) is 10.1. The summed E-state index contributed by atoms with van der Waals surface area (Å²) in [7, 11) is 0. The normalized spacial score (nSPS) is 11.4. The van der Waals surface area contributed by atoms with E-state index in [0.29, 0.717) is 23.0 Å². The van der Waals surface area contributed by atoms with Crippen LogP contribution in [0.1, 0.15) is 5.56 Å². The zero-order valence-electron chi connectivity index (χ0n) is 28.0. The van der Waals surface area contributed by atoms with Crippen LogP contribution in [0.25, 0.3) is 100 Å². The predicted octanol–water partition coefficient (Wildman–Crippen LogP) is 12.0. The van der Waals surface area contributed by atoms with Crippen molar-refractivity contribution in [3.63, 3.8) is 0 Å². The first-order chi connectivity index (χ1) is 25.7. The van der Waals surface area contributed by atoms with E-state index in [1.807, 2.05) is 72.8 Å². The molecule has 1 heterocycles. The smallest absolute Gasteiger partial charge is 0.164 e. The maximum Gasteiger partial charge on any atom is 0.164 e. The molecule has 0 fully saturated rings. The number of benzene rings is 8. The summed E-state index contributed by atoms with van der Waals surface area (Å²) >= 11 is 0. The molecule has 0 radical (unpaired) electrons. The fourth-order valence-electron chi connectivity index (χ4n) is 7.76. The van der Waals surface area contributed by atoms with Crippen LogP contribution in [0.15, 0.2) is 170 Å². The molecular formula is C48H28N4. The van der Waals surface area contributed by atoms with Crippen LogP contribution in [0.5, 0.6) is 0 Å². The van der Waals surface area contributed by atoms with Crippen molar-refractivity contribution >= 4 is 21.5 Å². The van der Waals surface area contributed by atoms with Gasteiger partial charge in [0.1, 0.15) is 0 Å². The summed E-state index contributed by atoms with van der Waals surface area (Å²) in [5.74, 6) is 1.90. The second kappa shape index (κ2) is 12.0. The van der Waals surface area contributed by atoms with Gasteiger partial charge in [-0.1, -0.05) is 158 Å². The van der Waals surface area contributed by atoms with Crippen molar-refractivity contribution in [1.29, 1.82) is 5.26 Å². The van der Waals surface area contributed by atoms with E-state index < -0.39 is 0 Å². The van der Waals surface area contributed by atoms with E-state index in [0.717, 1.165) is 49.7 Å². The number of rotatable bonds is 5. The zero-order chi connectivity index (χ0) is 34.6. The quantitative estimate of drug-likeness (QED) is 0.184. The van der Waals surface area contributed by atoms with Crippen LogP contribution in [-0.4, -0.2) is 15.0 Å². The Morgan fingerprint density at radius 1 is 0.308 bits per heavy atom. The van der Waals surface area contributed by atoms with Crippen molar-refractivity contribution in [3.05, 3.63) is 175 Å². The lowest BCUT2D eigenvalue weighted by Crippen LogP contribution is -2.00. The monoisotopic (exact) mass is 660 g/mol. The fraction of sp³-hybridized carbons (Fsp3) is 0. The molecule has 4 heteroatoms. The third-order valence-electron chi connectivity index (χ3n) is 10.1. The maximum absolute atomic E-state index is 9.53. The topological polar surface area (TPSA) is 62.5 Å². The Bertz CT molecular complexity index is 2800. The van der Waals surface area contributed by atoms with Crippen LogP contribution in [-0.2, 0) is 0 Å². The van der Waals surface area contributed by atoms with E-state index in [-0.39, 0.29) is 0 Å². The number of aromatic nitrogens is 3. The van der Waals surface area contributed by atoms with Crippen molar-refractivity contribution in [2.24, 2.45) is 0 Å². The zero-order valence-corrected chi connectivity index (χ0v) is 28.0. The average molecular weight is 661 g/mol. The van der Waals surface area contributed by atoms with E-state index in [1.54, 1.807) is 0 Å². The van der Waals surface area contributed by atoms with E-state index in [4.69, 9.17) is 15.0 Å². The highest BCUT2D eigenvalue weighted by molar-refractivity contribution is 6.24. The second-order valence-corrected chi connectivity index (χ2v) is 13.1. The molecule has 1 aliphatic rings. The highest BCUT2D eigenvalue weighted by Crippen LogP contribution is 2.52. The van der Waals surface area contributed by atoms with E-state index in [1.165, 1.54) is 33.0 Å². The SMILES string of the molecule is N#Cc1ccc(-c2ccc3c4c(ccc(-c5cccc6c(-c7nc(-c8ccccc8)nc(-c8ccccc8)n7)cccc56)c24)-c2ccccc2-3)cc1. The molecule has 9 aromatic rings. The standard InChI is InChI=1S/C48H28N4/c49-29-30-21-23-31(24-22-30)34-25-26-41-36-15-7-8-16-37(36)42-28-27-40(44(34)45(41)42)38-18-9-19-39-35(38)17-10-20-43(39)48-51-46(32-11-3-1-4-12-32)50-47(52-48)33-13-5-2-6-14-33/h1-28H. The molecule has 0 bridgehead atoms. The van der Waals surface area contributed by atoms with Crippen LogP contribution in [0.4, 0.5) is 0 Å². The Balaban J connectivity index is 1.23. The largest absolute Gasteiger partial charge is 0.208 e. The molecule has 0 N–H and O–H groups in total. The minimum atomic E-state index is 0.629. The number of hydrogen-bond donors (Lipinski definition) is 0. The van der Waals surface area contributed by atoms with Gasteiger partial charge in [0, 0.05) is 16.7 Å². The van der Waals surface area contributed by atoms with Crippen LogP contribution in [0.3, 0.4) is 0 Å². The van der Waals surface area contributed by atoms with Gasteiger partial charge in [0.15, 0.2) is 17.5 Å². The Kier molecular flexibility index (Phi) is 6.84. The van der Waals surface area contributed by atoms with Gasteiger partial charge in [-0.15, -0.1) is 0 Å². The molecule has 0 amide bonds. The Morgan fingerprint density at radius 2 is 0.750 bits per heavy atom. The van der Waals surface area contributed by atoms with E-state index >= 15 is 0 Å². The summed E-state index contributed by atoms with van der Waals surface area (Å²) in [6.07, 6.45) is 0. The van der Waals surface area contributed by atoms with Gasteiger partial charge in [0.2, 0.25) is 0 Å². The first-order valence-electron chi connectivity index (χ1n) is 17.3. The lowest BCUT2D eigenvalue weighted by Gasteiger charge is -2.17. The van der Waals surface area contributed by atoms with Crippen molar-refractivity contribution in [2.45, 2.75) is 0 Å². The minimum Gasteiger partial charge on any atom is -0.208 e. The van der Waals surface area contributed by atoms with Crippen molar-refractivity contribution in [3.8, 4) is 84.7 Å². The third kappa shape index (κ3) is 4.72. The number of nitriles is 1. The molecule has 0 atom stereocenters. The summed E-state index contributed by atoms with van der Waals surface area (Å²) in [6.45, 7) is 0. The molecule has 0 aliphatic heterocycles. The Hall–Kier alpha value is -7.22. The summed E-state index contributed by atoms with van der Waals surface area (Å²) in [4.78, 5) is 15.1. The van der Waals surface area contributed by atoms with Gasteiger partial charge >= 0.3 is 0 Å². The van der Waals surface area contributed by atoms with Crippen molar-refractivity contribution in [2.75, 3.05) is 0 Å². The predicted molar refractivity (Wildman–Crippen MR) is 211 cm³/mol. The van der Waals surface area contributed by atoms with Crippen LogP contribution in [0, 0.1) is 11.3 Å². The molecule has 52 heavy (non-hydrogen) atoms. The Labute approximate surface area is 301 Å². The maximum atomic E-state index is 9.53. The molecule has 10 rings (SSSR count). The molecule has 0 unspecified atom stereocenters. The molecule has 4 nitrogen and oxygen atoms in total. The second-order valence-electron chi connectivity index (χ2n) is 13.1. The lowest BCUT2D eigenvalue weighted by atomic mass is 9.86. The van der Waals surface area contributed by atoms with Crippen LogP contribution >= 0.6 is 0 Å². The molecule has 8 aromatic carbocycles. The van der Waals surface area contributed by atoms with Gasteiger partial charge in [0.25, 0.3) is 0 Å². The number of hydrogen-bond acceptors (Lipinski definition) is 4. The minimum absolute atomic E-state index is 0.629. The summed E-state index contributed by atoms with van der Waals surface area (Å²) in [5, 5.41) is 14.2.